The van der Waals surface area contributed by atoms with E-state index in [2.05, 4.69) is 49.9 Å². The van der Waals surface area contributed by atoms with Gasteiger partial charge in [0.25, 0.3) is 0 Å². The molecular formula is C16H28N2O. The highest BCUT2D eigenvalue weighted by Gasteiger charge is 2.17. The van der Waals surface area contributed by atoms with Gasteiger partial charge >= 0.3 is 0 Å². The van der Waals surface area contributed by atoms with Crippen LogP contribution in [0.5, 0.6) is 0 Å². The van der Waals surface area contributed by atoms with E-state index in [4.69, 9.17) is 10.5 Å². The quantitative estimate of drug-likeness (QED) is 0.784. The molecule has 19 heavy (non-hydrogen) atoms. The van der Waals surface area contributed by atoms with Gasteiger partial charge in [0, 0.05) is 26.7 Å². The van der Waals surface area contributed by atoms with Crippen LogP contribution in [0.3, 0.4) is 0 Å². The molecule has 1 aromatic rings. The Bertz CT molecular complexity index is 377. The first kappa shape index (κ1) is 16.2. The molecule has 1 rings (SSSR count). The van der Waals surface area contributed by atoms with Gasteiger partial charge in [-0.15, -0.1) is 0 Å². The van der Waals surface area contributed by atoms with Gasteiger partial charge in [-0.3, -0.25) is 4.90 Å². The van der Waals surface area contributed by atoms with Crippen LogP contribution in [0.25, 0.3) is 0 Å². The lowest BCUT2D eigenvalue weighted by Crippen LogP contribution is -2.32. The molecule has 108 valence electrons. The van der Waals surface area contributed by atoms with Crippen LogP contribution in [0.2, 0.25) is 0 Å². The predicted octanol–water partition coefficient (Wildman–Crippen LogP) is 2.78. The van der Waals surface area contributed by atoms with Gasteiger partial charge in [0.2, 0.25) is 0 Å². The van der Waals surface area contributed by atoms with Gasteiger partial charge in [-0.1, -0.05) is 31.2 Å². The number of nitrogens with zero attached hydrogens (tertiary/aromatic N) is 1. The molecule has 0 amide bonds. The Morgan fingerprint density at radius 3 is 2.37 bits per heavy atom. The Hall–Kier alpha value is -0.900. The number of ether oxygens (including phenoxy) is 1. The Balaban J connectivity index is 2.61. The van der Waals surface area contributed by atoms with Crippen LogP contribution in [0.4, 0.5) is 0 Å². The minimum absolute atomic E-state index is 0.0548. The molecule has 0 aliphatic carbocycles. The van der Waals surface area contributed by atoms with Gasteiger partial charge in [-0.05, 0) is 37.9 Å². The second kappa shape index (κ2) is 7.63. The van der Waals surface area contributed by atoms with Crippen molar-refractivity contribution in [2.24, 2.45) is 5.73 Å². The third-order valence-corrected chi connectivity index (χ3v) is 3.76. The van der Waals surface area contributed by atoms with Gasteiger partial charge in [0.1, 0.15) is 0 Å². The minimum atomic E-state index is -0.0548. The zero-order valence-electron chi connectivity index (χ0n) is 12.8. The van der Waals surface area contributed by atoms with Crippen molar-refractivity contribution in [3.05, 3.63) is 35.4 Å². The molecule has 0 fully saturated rings. The smallest absolute Gasteiger partial charge is 0.0634 e. The molecular weight excluding hydrogens is 236 g/mol. The van der Waals surface area contributed by atoms with Crippen molar-refractivity contribution in [1.29, 1.82) is 0 Å². The highest BCUT2D eigenvalue weighted by molar-refractivity contribution is 5.26. The van der Waals surface area contributed by atoms with Gasteiger partial charge in [0.05, 0.1) is 5.60 Å². The molecule has 0 unspecified atom stereocenters. The molecule has 0 bridgehead atoms. The number of hydrogen-bond donors (Lipinski definition) is 1. The normalized spacial score (nSPS) is 12.1. The van der Waals surface area contributed by atoms with Crippen LogP contribution in [-0.4, -0.2) is 30.7 Å². The first-order chi connectivity index (χ1) is 9.02. The standard InChI is InChI=1S/C16H28N2O/c1-5-18(11-10-16(2,3)19-4)13-15-9-7-6-8-14(15)12-17/h6-9H,5,10-13,17H2,1-4H3. The average molecular weight is 264 g/mol. The highest BCUT2D eigenvalue weighted by atomic mass is 16.5. The largest absolute Gasteiger partial charge is 0.379 e. The summed E-state index contributed by atoms with van der Waals surface area (Å²) in [6.07, 6.45) is 1.03. The Kier molecular flexibility index (Phi) is 6.49. The lowest BCUT2D eigenvalue weighted by Gasteiger charge is -2.28. The molecule has 0 heterocycles. The summed E-state index contributed by atoms with van der Waals surface area (Å²) < 4.78 is 5.48. The summed E-state index contributed by atoms with van der Waals surface area (Å²) in [5, 5.41) is 0. The van der Waals surface area contributed by atoms with E-state index < -0.39 is 0 Å². The summed E-state index contributed by atoms with van der Waals surface area (Å²) in [5.41, 5.74) is 8.32. The fraction of sp³-hybridized carbons (Fsp3) is 0.625. The van der Waals surface area contributed by atoms with Crippen LogP contribution in [0.1, 0.15) is 38.3 Å². The zero-order valence-corrected chi connectivity index (χ0v) is 12.8. The molecule has 0 saturated heterocycles. The van der Waals surface area contributed by atoms with Gasteiger partial charge in [-0.2, -0.15) is 0 Å². The number of nitrogens with two attached hydrogens (primary N) is 1. The van der Waals surface area contributed by atoms with Gasteiger partial charge in [-0.25, -0.2) is 0 Å². The molecule has 0 spiro atoms. The van der Waals surface area contributed by atoms with Crippen LogP contribution < -0.4 is 5.73 Å². The monoisotopic (exact) mass is 264 g/mol. The number of methoxy groups -OCH3 is 1. The number of rotatable bonds is 8. The van der Waals surface area contributed by atoms with E-state index in [0.717, 1.165) is 26.1 Å². The molecule has 0 saturated carbocycles. The Morgan fingerprint density at radius 2 is 1.84 bits per heavy atom. The van der Waals surface area contributed by atoms with E-state index in [0.29, 0.717) is 6.54 Å². The summed E-state index contributed by atoms with van der Waals surface area (Å²) in [5.74, 6) is 0. The highest BCUT2D eigenvalue weighted by Crippen LogP contribution is 2.16. The van der Waals surface area contributed by atoms with Crippen LogP contribution in [0, 0.1) is 0 Å². The first-order valence-electron chi connectivity index (χ1n) is 7.06. The van der Waals surface area contributed by atoms with E-state index in [-0.39, 0.29) is 5.60 Å². The van der Waals surface area contributed by atoms with Gasteiger partial charge < -0.3 is 10.5 Å². The molecule has 3 nitrogen and oxygen atoms in total. The summed E-state index contributed by atoms with van der Waals surface area (Å²) in [6, 6.07) is 8.42. The predicted molar refractivity (Wildman–Crippen MR) is 81.0 cm³/mol. The van der Waals surface area contributed by atoms with Crippen LogP contribution >= 0.6 is 0 Å². The van der Waals surface area contributed by atoms with Crippen molar-refractivity contribution in [2.45, 2.75) is 45.9 Å². The summed E-state index contributed by atoms with van der Waals surface area (Å²) in [6.45, 7) is 10.1. The zero-order chi connectivity index (χ0) is 14.3. The fourth-order valence-electron chi connectivity index (χ4n) is 2.03. The summed E-state index contributed by atoms with van der Waals surface area (Å²) >= 11 is 0. The fourth-order valence-corrected chi connectivity index (χ4v) is 2.03. The third kappa shape index (κ3) is 5.31. The maximum Gasteiger partial charge on any atom is 0.0634 e. The molecule has 0 aliphatic rings. The molecule has 0 aliphatic heterocycles. The topological polar surface area (TPSA) is 38.5 Å². The first-order valence-corrected chi connectivity index (χ1v) is 7.06. The van der Waals surface area contributed by atoms with E-state index >= 15 is 0 Å². The molecule has 3 heteroatoms. The van der Waals surface area contributed by atoms with E-state index in [1.807, 2.05) is 0 Å². The summed E-state index contributed by atoms with van der Waals surface area (Å²) in [7, 11) is 1.78. The molecule has 0 atom stereocenters. The molecule has 1 aromatic carbocycles. The minimum Gasteiger partial charge on any atom is -0.379 e. The van der Waals surface area contributed by atoms with Crippen molar-refractivity contribution >= 4 is 0 Å². The van der Waals surface area contributed by atoms with Crippen LogP contribution in [-0.2, 0) is 17.8 Å². The average Bonchev–Trinajstić information content (AvgIpc) is 2.43. The maximum absolute atomic E-state index is 5.79. The van der Waals surface area contributed by atoms with E-state index in [9.17, 15) is 0 Å². The van der Waals surface area contributed by atoms with Crippen molar-refractivity contribution in [3.63, 3.8) is 0 Å². The Labute approximate surface area is 117 Å². The molecule has 0 radical (unpaired) electrons. The lowest BCUT2D eigenvalue weighted by atomic mass is 10.0. The number of benzene rings is 1. The SMILES string of the molecule is CCN(CCC(C)(C)OC)Cc1ccccc1CN. The van der Waals surface area contributed by atoms with Crippen molar-refractivity contribution < 1.29 is 4.74 Å². The molecule has 0 aromatic heterocycles. The number of hydrogen-bond acceptors (Lipinski definition) is 3. The van der Waals surface area contributed by atoms with Crippen molar-refractivity contribution in [1.82, 2.24) is 4.90 Å². The third-order valence-electron chi connectivity index (χ3n) is 3.76. The second-order valence-corrected chi connectivity index (χ2v) is 5.56. The molecule has 2 N–H and O–H groups in total. The van der Waals surface area contributed by atoms with E-state index in [1.165, 1.54) is 11.1 Å². The van der Waals surface area contributed by atoms with Crippen LogP contribution in [0.15, 0.2) is 24.3 Å². The second-order valence-electron chi connectivity index (χ2n) is 5.56. The van der Waals surface area contributed by atoms with E-state index in [1.54, 1.807) is 7.11 Å². The van der Waals surface area contributed by atoms with Gasteiger partial charge in [0.15, 0.2) is 0 Å². The van der Waals surface area contributed by atoms with Crippen molar-refractivity contribution in [2.75, 3.05) is 20.2 Å². The summed E-state index contributed by atoms with van der Waals surface area (Å²) in [4.78, 5) is 2.44. The Morgan fingerprint density at radius 1 is 1.21 bits per heavy atom. The lowest BCUT2D eigenvalue weighted by molar-refractivity contribution is 0.00717. The maximum atomic E-state index is 5.79. The van der Waals surface area contributed by atoms with Crippen molar-refractivity contribution in [3.8, 4) is 0 Å².